The second-order valence-corrected chi connectivity index (χ2v) is 12.8. The van der Waals surface area contributed by atoms with E-state index in [1.165, 1.54) is 31.4 Å². The van der Waals surface area contributed by atoms with Crippen LogP contribution in [0, 0.1) is 17.3 Å². The number of cyclic esters (lactones) is 1. The van der Waals surface area contributed by atoms with Gasteiger partial charge in [-0.05, 0) is 42.2 Å². The number of carbonyl (C=O) groups is 2. The Bertz CT molecular complexity index is 1230. The van der Waals surface area contributed by atoms with Gasteiger partial charge in [0.05, 0.1) is 42.7 Å². The molecule has 0 spiro atoms. The second kappa shape index (κ2) is 12.4. The van der Waals surface area contributed by atoms with E-state index < -0.39 is 51.6 Å². The first-order valence-electron chi connectivity index (χ1n) is 12.8. The zero-order valence-corrected chi connectivity index (χ0v) is 23.7. The lowest BCUT2D eigenvalue weighted by Crippen LogP contribution is -2.61. The number of ether oxygens (including phenoxy) is 2. The van der Waals surface area contributed by atoms with Crippen molar-refractivity contribution >= 4 is 22.1 Å². The van der Waals surface area contributed by atoms with Gasteiger partial charge < -0.3 is 25.0 Å². The highest BCUT2D eigenvalue weighted by Crippen LogP contribution is 2.42. The van der Waals surface area contributed by atoms with E-state index in [0.29, 0.717) is 5.75 Å². The monoisotopic (exact) mass is 562 g/mol. The molecule has 1 fully saturated rings. The van der Waals surface area contributed by atoms with Crippen molar-refractivity contribution in [2.75, 3.05) is 20.3 Å². The van der Waals surface area contributed by atoms with Crippen LogP contribution >= 0.6 is 0 Å². The lowest BCUT2D eigenvalue weighted by molar-refractivity contribution is -0.144. The third-order valence-corrected chi connectivity index (χ3v) is 8.81. The van der Waals surface area contributed by atoms with E-state index in [9.17, 15) is 28.2 Å². The minimum absolute atomic E-state index is 0.0267. The standard InChI is InChI=1S/C28H38N2O8S/c1-18(2)16-30(39(35,36)21-13-11-20(37-5)12-14-21)24(23-26(32)38-17-28(23,3)4)25(31)22(29-27(33)34)15-19-9-7-6-8-10-19/h6-14,18,22-25,29,31H,15-17H2,1-5H3,(H,33,34)/t22-,23?,24?,25?/m1/s1. The number of aliphatic hydroxyl groups is 1. The Morgan fingerprint density at radius 3 is 2.26 bits per heavy atom. The van der Waals surface area contributed by atoms with Crippen LogP contribution in [0.5, 0.6) is 5.75 Å². The van der Waals surface area contributed by atoms with Gasteiger partial charge in [-0.25, -0.2) is 13.2 Å². The molecule has 1 amide bonds. The van der Waals surface area contributed by atoms with Gasteiger partial charge in [0.15, 0.2) is 0 Å². The molecule has 2 aromatic carbocycles. The zero-order chi connectivity index (χ0) is 29.0. The number of rotatable bonds is 12. The quantitative estimate of drug-likeness (QED) is 0.335. The number of benzene rings is 2. The molecule has 10 nitrogen and oxygen atoms in total. The molecule has 3 unspecified atom stereocenters. The predicted molar refractivity (Wildman–Crippen MR) is 145 cm³/mol. The summed E-state index contributed by atoms with van der Waals surface area (Å²) in [6.45, 7) is 7.21. The average Bonchev–Trinajstić information content (AvgIpc) is 3.15. The van der Waals surface area contributed by atoms with E-state index in [1.807, 2.05) is 19.9 Å². The van der Waals surface area contributed by atoms with E-state index in [2.05, 4.69) is 5.32 Å². The van der Waals surface area contributed by atoms with E-state index in [-0.39, 0.29) is 30.4 Å². The summed E-state index contributed by atoms with van der Waals surface area (Å²) in [6, 6.07) is 12.3. The average molecular weight is 563 g/mol. The van der Waals surface area contributed by atoms with Crippen LogP contribution in [-0.4, -0.2) is 73.4 Å². The number of carbonyl (C=O) groups excluding carboxylic acids is 1. The Balaban J connectivity index is 2.18. The molecule has 1 aliphatic rings. The van der Waals surface area contributed by atoms with Crippen LogP contribution in [0.4, 0.5) is 4.79 Å². The van der Waals surface area contributed by atoms with Crippen LogP contribution in [0.15, 0.2) is 59.5 Å². The molecule has 39 heavy (non-hydrogen) atoms. The Morgan fingerprint density at radius 1 is 1.15 bits per heavy atom. The predicted octanol–water partition coefficient (Wildman–Crippen LogP) is 3.15. The fraction of sp³-hybridized carbons (Fsp3) is 0.500. The molecule has 2 aromatic rings. The number of nitrogens with one attached hydrogen (secondary N) is 1. The molecule has 11 heteroatoms. The van der Waals surface area contributed by atoms with Gasteiger partial charge in [-0.3, -0.25) is 4.79 Å². The number of nitrogens with zero attached hydrogens (tertiary/aromatic N) is 1. The van der Waals surface area contributed by atoms with Crippen molar-refractivity contribution in [3.8, 4) is 5.75 Å². The van der Waals surface area contributed by atoms with Gasteiger partial charge in [0.25, 0.3) is 0 Å². The summed E-state index contributed by atoms with van der Waals surface area (Å²) in [5.41, 5.74) is -0.107. The van der Waals surface area contributed by atoms with Crippen LogP contribution in [0.2, 0.25) is 0 Å². The number of methoxy groups -OCH3 is 1. The Labute approximate surface area is 230 Å². The first kappa shape index (κ1) is 30.4. The molecular weight excluding hydrogens is 524 g/mol. The maximum absolute atomic E-state index is 14.2. The number of hydrogen-bond donors (Lipinski definition) is 3. The summed E-state index contributed by atoms with van der Waals surface area (Å²) in [4.78, 5) is 24.9. The van der Waals surface area contributed by atoms with E-state index in [4.69, 9.17) is 9.47 Å². The topological polar surface area (TPSA) is 142 Å². The molecule has 0 radical (unpaired) electrons. The Morgan fingerprint density at radius 2 is 1.77 bits per heavy atom. The molecule has 1 saturated heterocycles. The van der Waals surface area contributed by atoms with Gasteiger partial charge in [0.2, 0.25) is 10.0 Å². The zero-order valence-electron chi connectivity index (χ0n) is 22.9. The second-order valence-electron chi connectivity index (χ2n) is 10.9. The summed E-state index contributed by atoms with van der Waals surface area (Å²) in [7, 11) is -2.81. The van der Waals surface area contributed by atoms with Gasteiger partial charge in [-0.2, -0.15) is 4.31 Å². The van der Waals surface area contributed by atoms with Crippen molar-refractivity contribution < 1.29 is 37.7 Å². The number of carboxylic acid groups (broad SMARTS) is 1. The summed E-state index contributed by atoms with van der Waals surface area (Å²) in [5, 5.41) is 23.9. The van der Waals surface area contributed by atoms with Gasteiger partial charge >= 0.3 is 12.1 Å². The van der Waals surface area contributed by atoms with E-state index >= 15 is 0 Å². The van der Waals surface area contributed by atoms with Crippen LogP contribution in [0.25, 0.3) is 0 Å². The number of amides is 1. The maximum atomic E-state index is 14.2. The van der Waals surface area contributed by atoms with Crippen molar-refractivity contribution in [1.29, 1.82) is 0 Å². The molecule has 1 aliphatic heterocycles. The summed E-state index contributed by atoms with van der Waals surface area (Å²) in [5.74, 6) is -1.42. The van der Waals surface area contributed by atoms with Crippen LogP contribution in [0.3, 0.4) is 0 Å². The normalized spacial score (nSPS) is 19.4. The molecule has 0 saturated carbocycles. The first-order valence-corrected chi connectivity index (χ1v) is 14.3. The molecular formula is C28H38N2O8S. The van der Waals surface area contributed by atoms with Crippen molar-refractivity contribution in [1.82, 2.24) is 9.62 Å². The van der Waals surface area contributed by atoms with E-state index in [0.717, 1.165) is 9.87 Å². The van der Waals surface area contributed by atoms with Crippen LogP contribution in [0.1, 0.15) is 33.3 Å². The van der Waals surface area contributed by atoms with E-state index in [1.54, 1.807) is 38.1 Å². The Kier molecular flexibility index (Phi) is 9.63. The van der Waals surface area contributed by atoms with Gasteiger partial charge in [-0.1, -0.05) is 58.0 Å². The number of hydrogen-bond acceptors (Lipinski definition) is 7. The third kappa shape index (κ3) is 7.09. The molecule has 0 aliphatic carbocycles. The third-order valence-electron chi connectivity index (χ3n) is 6.94. The highest BCUT2D eigenvalue weighted by Gasteiger charge is 2.55. The molecule has 3 N–H and O–H groups in total. The summed E-state index contributed by atoms with van der Waals surface area (Å²) >= 11 is 0. The van der Waals surface area contributed by atoms with Crippen molar-refractivity contribution in [2.24, 2.45) is 17.3 Å². The van der Waals surface area contributed by atoms with Crippen LogP contribution < -0.4 is 10.1 Å². The fourth-order valence-electron chi connectivity index (χ4n) is 5.04. The molecule has 0 bridgehead atoms. The minimum atomic E-state index is -4.28. The molecule has 0 aromatic heterocycles. The highest BCUT2D eigenvalue weighted by atomic mass is 32.2. The number of aliphatic hydroxyl groups excluding tert-OH is 1. The Hall–Kier alpha value is -3.15. The van der Waals surface area contributed by atoms with Crippen molar-refractivity contribution in [3.63, 3.8) is 0 Å². The van der Waals surface area contributed by atoms with Gasteiger partial charge in [0.1, 0.15) is 5.75 Å². The number of sulfonamides is 1. The molecule has 1 heterocycles. The molecule has 214 valence electrons. The van der Waals surface area contributed by atoms with Gasteiger partial charge in [-0.15, -0.1) is 0 Å². The van der Waals surface area contributed by atoms with Crippen molar-refractivity contribution in [2.45, 2.75) is 57.2 Å². The smallest absolute Gasteiger partial charge is 0.404 e. The lowest BCUT2D eigenvalue weighted by Gasteiger charge is -2.42. The number of esters is 1. The lowest BCUT2D eigenvalue weighted by atomic mass is 9.74. The first-order chi connectivity index (χ1) is 18.3. The van der Waals surface area contributed by atoms with Gasteiger partial charge in [0, 0.05) is 12.0 Å². The molecule has 3 rings (SSSR count). The summed E-state index contributed by atoms with van der Waals surface area (Å²) < 4.78 is 40.0. The highest BCUT2D eigenvalue weighted by molar-refractivity contribution is 7.89. The van der Waals surface area contributed by atoms with Crippen molar-refractivity contribution in [3.05, 3.63) is 60.2 Å². The largest absolute Gasteiger partial charge is 0.497 e. The maximum Gasteiger partial charge on any atom is 0.404 e. The molecule has 4 atom stereocenters. The summed E-state index contributed by atoms with van der Waals surface area (Å²) in [6.07, 6.45) is -2.90. The fourth-order valence-corrected chi connectivity index (χ4v) is 6.85. The van der Waals surface area contributed by atoms with Crippen LogP contribution in [-0.2, 0) is 26.0 Å². The minimum Gasteiger partial charge on any atom is -0.497 e. The SMILES string of the molecule is COc1ccc(S(=O)(=O)N(CC(C)C)C(C(O)[C@@H](Cc2ccccc2)NC(=O)O)C2C(=O)OCC2(C)C)cc1.